The van der Waals surface area contributed by atoms with E-state index in [1.165, 1.54) is 16.9 Å². The Morgan fingerprint density at radius 3 is 2.72 bits per heavy atom. The van der Waals surface area contributed by atoms with E-state index in [9.17, 15) is 9.90 Å². The zero-order valence-corrected chi connectivity index (χ0v) is 18.6. The molecule has 0 saturated carbocycles. The van der Waals surface area contributed by atoms with E-state index < -0.39 is 6.10 Å². The number of nitrogens with two attached hydrogens (primary N) is 1. The maximum absolute atomic E-state index is 12.7. The minimum Gasteiger partial charge on any atom is -0.387 e. The van der Waals surface area contributed by atoms with Crippen molar-refractivity contribution in [2.75, 3.05) is 11.1 Å². The number of aliphatic hydroxyl groups excluding tert-OH is 1. The van der Waals surface area contributed by atoms with E-state index in [1.807, 2.05) is 42.5 Å². The Labute approximate surface area is 191 Å². The Morgan fingerprint density at radius 2 is 1.94 bits per heavy atom. The molecule has 2 heterocycles. The quantitative estimate of drug-likeness (QED) is 0.460. The third kappa shape index (κ3) is 4.41. The average molecular weight is 449 g/mol. The van der Waals surface area contributed by atoms with Gasteiger partial charge in [-0.25, -0.2) is 4.98 Å². The van der Waals surface area contributed by atoms with Crippen LogP contribution in [0.1, 0.15) is 53.0 Å². The number of fused-ring (bicyclic) bond motifs is 1. The minimum atomic E-state index is -0.483. The van der Waals surface area contributed by atoms with Crippen LogP contribution in [0.15, 0.2) is 54.6 Å². The molecule has 2 aromatic carbocycles. The predicted octanol–water partition coefficient (Wildman–Crippen LogP) is 3.79. The molecule has 0 radical (unpaired) electrons. The Hall–Kier alpha value is -2.74. The standard InChI is InChI=1S/C25H28N4O2S/c26-25-29-22-19(11-13-21(22)32-25)24(31)28-17-8-6-15(7-9-17)14-18-10-12-20(27-18)23(30)16-4-2-1-3-5-16/h1-9,18-20,23,27,30H,10-14H2,(H2,26,29)(H,28,31)/t18-,19?,20+,23+/m0/s1. The molecule has 3 aromatic rings. The topological polar surface area (TPSA) is 100 Å². The van der Waals surface area contributed by atoms with E-state index in [4.69, 9.17) is 5.73 Å². The van der Waals surface area contributed by atoms with Gasteiger partial charge in [-0.3, -0.25) is 4.79 Å². The lowest BCUT2D eigenvalue weighted by molar-refractivity contribution is -0.117. The van der Waals surface area contributed by atoms with Crippen molar-refractivity contribution in [2.24, 2.45) is 0 Å². The molecule has 5 N–H and O–H groups in total. The van der Waals surface area contributed by atoms with Crippen LogP contribution in [0, 0.1) is 0 Å². The summed E-state index contributed by atoms with van der Waals surface area (Å²) < 4.78 is 0. The summed E-state index contributed by atoms with van der Waals surface area (Å²) in [6, 6.07) is 18.3. The molecule has 6 nitrogen and oxygen atoms in total. The Morgan fingerprint density at radius 1 is 1.16 bits per heavy atom. The number of aryl methyl sites for hydroxylation is 1. The zero-order valence-electron chi connectivity index (χ0n) is 17.8. The number of anilines is 2. The third-order valence-electron chi connectivity index (χ3n) is 6.55. The highest BCUT2D eigenvalue weighted by Gasteiger charge is 2.32. The van der Waals surface area contributed by atoms with Gasteiger partial charge in [0.15, 0.2) is 5.13 Å². The molecule has 4 atom stereocenters. The van der Waals surface area contributed by atoms with Crippen LogP contribution in [0.4, 0.5) is 10.8 Å². The normalized spacial score (nSPS) is 23.1. The van der Waals surface area contributed by atoms with Crippen LogP contribution in [-0.2, 0) is 17.6 Å². The van der Waals surface area contributed by atoms with Crippen LogP contribution in [0.3, 0.4) is 0 Å². The summed E-state index contributed by atoms with van der Waals surface area (Å²) in [7, 11) is 0. The molecule has 5 rings (SSSR count). The van der Waals surface area contributed by atoms with Crippen molar-refractivity contribution >= 4 is 28.1 Å². The van der Waals surface area contributed by atoms with Crippen LogP contribution in [-0.4, -0.2) is 28.1 Å². The molecular formula is C25H28N4O2S. The molecule has 1 saturated heterocycles. The van der Waals surface area contributed by atoms with Crippen LogP contribution in [0.25, 0.3) is 0 Å². The number of benzene rings is 2. The lowest BCUT2D eigenvalue weighted by Crippen LogP contribution is -2.35. The number of carbonyl (C=O) groups excluding carboxylic acids is 1. The molecule has 7 heteroatoms. The molecule has 0 bridgehead atoms. The molecule has 32 heavy (non-hydrogen) atoms. The second kappa shape index (κ2) is 9.02. The van der Waals surface area contributed by atoms with Crippen molar-refractivity contribution in [3.8, 4) is 0 Å². The van der Waals surface area contributed by atoms with Crippen LogP contribution < -0.4 is 16.4 Å². The number of hydrogen-bond donors (Lipinski definition) is 4. The number of nitrogens with zero attached hydrogens (tertiary/aromatic N) is 1. The fourth-order valence-electron chi connectivity index (χ4n) is 4.88. The number of rotatable bonds is 6. The second-order valence-electron chi connectivity index (χ2n) is 8.75. The maximum atomic E-state index is 12.7. The largest absolute Gasteiger partial charge is 0.387 e. The summed E-state index contributed by atoms with van der Waals surface area (Å²) in [4.78, 5) is 18.2. The van der Waals surface area contributed by atoms with E-state index in [0.717, 1.165) is 53.9 Å². The average Bonchev–Trinajstić information content (AvgIpc) is 3.51. The van der Waals surface area contributed by atoms with Gasteiger partial charge in [-0.2, -0.15) is 0 Å². The molecule has 1 aliphatic heterocycles. The van der Waals surface area contributed by atoms with Gasteiger partial charge >= 0.3 is 0 Å². The SMILES string of the molecule is Nc1nc2c(s1)CCC2C(=O)Nc1ccc(C[C@@H]2CC[C@H]([C@H](O)c3ccccc3)N2)cc1. The number of amides is 1. The highest BCUT2D eigenvalue weighted by atomic mass is 32.1. The van der Waals surface area contributed by atoms with Gasteiger partial charge < -0.3 is 21.5 Å². The van der Waals surface area contributed by atoms with Gasteiger partial charge in [0.05, 0.1) is 17.7 Å². The van der Waals surface area contributed by atoms with Crippen LogP contribution >= 0.6 is 11.3 Å². The van der Waals surface area contributed by atoms with Gasteiger partial charge in [0.2, 0.25) is 5.91 Å². The van der Waals surface area contributed by atoms with Gasteiger partial charge in [0.25, 0.3) is 0 Å². The van der Waals surface area contributed by atoms with Crippen molar-refractivity contribution in [3.05, 3.63) is 76.3 Å². The number of aliphatic hydroxyl groups is 1. The third-order valence-corrected chi connectivity index (χ3v) is 7.51. The first-order valence-corrected chi connectivity index (χ1v) is 12.0. The van der Waals surface area contributed by atoms with E-state index >= 15 is 0 Å². The van der Waals surface area contributed by atoms with E-state index in [2.05, 4.69) is 27.8 Å². The summed E-state index contributed by atoms with van der Waals surface area (Å²) in [6.07, 6.45) is 4.07. The van der Waals surface area contributed by atoms with Crippen molar-refractivity contribution < 1.29 is 9.90 Å². The minimum absolute atomic E-state index is 0.0167. The maximum Gasteiger partial charge on any atom is 0.233 e. The monoisotopic (exact) mass is 448 g/mol. The molecule has 0 spiro atoms. The van der Waals surface area contributed by atoms with Gasteiger partial charge in [-0.05, 0) is 55.4 Å². The van der Waals surface area contributed by atoms with Crippen molar-refractivity contribution in [2.45, 2.75) is 56.2 Å². The Kier molecular flexibility index (Phi) is 5.95. The fourth-order valence-corrected chi connectivity index (χ4v) is 5.79. The van der Waals surface area contributed by atoms with Crippen LogP contribution in [0.5, 0.6) is 0 Å². The molecule has 1 amide bonds. The summed E-state index contributed by atoms with van der Waals surface area (Å²) in [5.41, 5.74) is 9.62. The summed E-state index contributed by atoms with van der Waals surface area (Å²) >= 11 is 1.49. The fraction of sp³-hybridized carbons (Fsp3) is 0.360. The van der Waals surface area contributed by atoms with Gasteiger partial charge in [-0.15, -0.1) is 11.3 Å². The smallest absolute Gasteiger partial charge is 0.233 e. The highest BCUT2D eigenvalue weighted by Crippen LogP contribution is 2.38. The number of hydrogen-bond acceptors (Lipinski definition) is 6. The first-order valence-electron chi connectivity index (χ1n) is 11.2. The molecule has 1 fully saturated rings. The molecular weight excluding hydrogens is 420 g/mol. The number of carbonyl (C=O) groups is 1. The van der Waals surface area contributed by atoms with Gasteiger partial charge in [0.1, 0.15) is 0 Å². The van der Waals surface area contributed by atoms with E-state index in [-0.39, 0.29) is 17.9 Å². The Balaban J connectivity index is 1.15. The van der Waals surface area contributed by atoms with E-state index in [1.54, 1.807) is 0 Å². The molecule has 166 valence electrons. The zero-order chi connectivity index (χ0) is 22.1. The first kappa shape index (κ1) is 21.1. The van der Waals surface area contributed by atoms with Gasteiger partial charge in [0, 0.05) is 22.6 Å². The lowest BCUT2D eigenvalue weighted by atomic mass is 10.0. The van der Waals surface area contributed by atoms with Crippen molar-refractivity contribution in [1.82, 2.24) is 10.3 Å². The molecule has 1 aliphatic carbocycles. The summed E-state index contributed by atoms with van der Waals surface area (Å²) in [6.45, 7) is 0. The number of nitrogen functional groups attached to an aromatic ring is 1. The number of nitrogens with one attached hydrogen (secondary N) is 2. The van der Waals surface area contributed by atoms with Crippen LogP contribution in [0.2, 0.25) is 0 Å². The predicted molar refractivity (Wildman–Crippen MR) is 128 cm³/mol. The van der Waals surface area contributed by atoms with Crippen molar-refractivity contribution in [1.29, 1.82) is 0 Å². The molecule has 1 aromatic heterocycles. The Bertz CT molecular complexity index is 1080. The number of thiazole rings is 1. The van der Waals surface area contributed by atoms with Gasteiger partial charge in [-0.1, -0.05) is 42.5 Å². The van der Waals surface area contributed by atoms with E-state index in [0.29, 0.717) is 11.2 Å². The summed E-state index contributed by atoms with van der Waals surface area (Å²) in [5, 5.41) is 17.8. The summed E-state index contributed by atoms with van der Waals surface area (Å²) in [5.74, 6) is -0.231. The van der Waals surface area contributed by atoms with Crippen molar-refractivity contribution in [3.63, 3.8) is 0 Å². The molecule has 2 aliphatic rings. The molecule has 1 unspecified atom stereocenters. The highest BCUT2D eigenvalue weighted by molar-refractivity contribution is 7.15. The second-order valence-corrected chi connectivity index (χ2v) is 9.86. The lowest BCUT2D eigenvalue weighted by Gasteiger charge is -2.20. The number of aromatic nitrogens is 1. The first-order chi connectivity index (χ1) is 15.6.